The van der Waals surface area contributed by atoms with E-state index in [9.17, 15) is 4.79 Å². The molecule has 0 amide bonds. The number of Topliss-reactive ketones (excluding diaryl/α,β-unsaturated/α-hetero) is 1. The zero-order chi connectivity index (χ0) is 14.5. The lowest BCUT2D eigenvalue weighted by Crippen LogP contribution is -2.04. The molecule has 0 aliphatic carbocycles. The fraction of sp³-hybridized carbons (Fsp3) is 0.235. The Morgan fingerprint density at radius 2 is 1.85 bits per heavy atom. The van der Waals surface area contributed by atoms with Crippen molar-refractivity contribution in [1.82, 2.24) is 0 Å². The molecule has 2 nitrogen and oxygen atoms in total. The molecule has 0 radical (unpaired) electrons. The van der Waals surface area contributed by atoms with Crippen LogP contribution in [-0.4, -0.2) is 12.9 Å². The minimum Gasteiger partial charge on any atom is -0.497 e. The number of hydrogen-bond donors (Lipinski definition) is 0. The maximum absolute atomic E-state index is 12.3. The van der Waals surface area contributed by atoms with E-state index in [1.54, 1.807) is 7.11 Å². The Morgan fingerprint density at radius 3 is 2.50 bits per heavy atom. The standard InChI is InChI=1S/C17H17BrO2/c1-12-15(4-3-5-16(12)18)17(19)11-8-13-6-9-14(20-2)10-7-13/h3-7,9-10H,8,11H2,1-2H3. The molecule has 20 heavy (non-hydrogen) atoms. The predicted octanol–water partition coefficient (Wildman–Crippen LogP) is 4.58. The van der Waals surface area contributed by atoms with Crippen molar-refractivity contribution in [3.63, 3.8) is 0 Å². The van der Waals surface area contributed by atoms with Crippen LogP contribution in [0.2, 0.25) is 0 Å². The Morgan fingerprint density at radius 1 is 1.15 bits per heavy atom. The van der Waals surface area contributed by atoms with Crippen LogP contribution in [-0.2, 0) is 6.42 Å². The minimum atomic E-state index is 0.180. The summed E-state index contributed by atoms with van der Waals surface area (Å²) >= 11 is 3.46. The lowest BCUT2D eigenvalue weighted by molar-refractivity contribution is 0.0982. The van der Waals surface area contributed by atoms with E-state index in [2.05, 4.69) is 15.9 Å². The Hall–Kier alpha value is -1.61. The highest BCUT2D eigenvalue weighted by Crippen LogP contribution is 2.21. The molecule has 0 N–H and O–H groups in total. The van der Waals surface area contributed by atoms with Gasteiger partial charge in [-0.05, 0) is 42.7 Å². The lowest BCUT2D eigenvalue weighted by atomic mass is 9.99. The molecule has 104 valence electrons. The van der Waals surface area contributed by atoms with E-state index in [0.717, 1.165) is 33.3 Å². The zero-order valence-corrected chi connectivity index (χ0v) is 13.2. The van der Waals surface area contributed by atoms with Gasteiger partial charge in [0.15, 0.2) is 5.78 Å². The molecule has 0 bridgehead atoms. The summed E-state index contributed by atoms with van der Waals surface area (Å²) in [5, 5.41) is 0. The molecule has 0 saturated heterocycles. The Labute approximate surface area is 127 Å². The summed E-state index contributed by atoms with van der Waals surface area (Å²) in [6.45, 7) is 1.96. The van der Waals surface area contributed by atoms with Crippen molar-refractivity contribution in [2.45, 2.75) is 19.8 Å². The molecule has 0 aromatic heterocycles. The van der Waals surface area contributed by atoms with Crippen LogP contribution in [0.1, 0.15) is 27.9 Å². The van der Waals surface area contributed by atoms with Crippen molar-refractivity contribution in [2.75, 3.05) is 7.11 Å². The highest BCUT2D eigenvalue weighted by molar-refractivity contribution is 9.10. The second kappa shape index (κ2) is 6.71. The summed E-state index contributed by atoms with van der Waals surface area (Å²) < 4.78 is 6.10. The van der Waals surface area contributed by atoms with Crippen LogP contribution in [0.3, 0.4) is 0 Å². The Bertz CT molecular complexity index is 603. The van der Waals surface area contributed by atoms with Crippen LogP contribution in [0.5, 0.6) is 5.75 Å². The molecular weight excluding hydrogens is 316 g/mol. The summed E-state index contributed by atoms with van der Waals surface area (Å²) in [4.78, 5) is 12.3. The van der Waals surface area contributed by atoms with Crippen LogP contribution in [0, 0.1) is 6.92 Å². The molecule has 0 fully saturated rings. The lowest BCUT2D eigenvalue weighted by Gasteiger charge is -2.07. The molecule has 0 spiro atoms. The molecule has 0 atom stereocenters. The Kier molecular flexibility index (Phi) is 4.96. The molecule has 2 aromatic rings. The minimum absolute atomic E-state index is 0.180. The molecule has 3 heteroatoms. The molecule has 2 rings (SSSR count). The third-order valence-electron chi connectivity index (χ3n) is 3.37. The normalized spacial score (nSPS) is 10.3. The van der Waals surface area contributed by atoms with Gasteiger partial charge in [-0.15, -0.1) is 0 Å². The second-order valence-electron chi connectivity index (χ2n) is 4.68. The number of benzene rings is 2. The van der Waals surface area contributed by atoms with Gasteiger partial charge in [-0.1, -0.05) is 40.2 Å². The highest BCUT2D eigenvalue weighted by Gasteiger charge is 2.10. The average Bonchev–Trinajstić information content (AvgIpc) is 2.48. The zero-order valence-electron chi connectivity index (χ0n) is 11.7. The predicted molar refractivity (Wildman–Crippen MR) is 84.5 cm³/mol. The van der Waals surface area contributed by atoms with Crippen molar-refractivity contribution in [3.8, 4) is 5.75 Å². The largest absolute Gasteiger partial charge is 0.497 e. The number of halogens is 1. The number of ether oxygens (including phenoxy) is 1. The average molecular weight is 333 g/mol. The van der Waals surface area contributed by atoms with Gasteiger partial charge in [0.1, 0.15) is 5.75 Å². The molecule has 0 unspecified atom stereocenters. The van der Waals surface area contributed by atoms with E-state index in [-0.39, 0.29) is 5.78 Å². The van der Waals surface area contributed by atoms with Gasteiger partial charge in [0.25, 0.3) is 0 Å². The Balaban J connectivity index is 2.02. The number of carbonyl (C=O) groups excluding carboxylic acids is 1. The molecular formula is C17H17BrO2. The van der Waals surface area contributed by atoms with Crippen molar-refractivity contribution in [1.29, 1.82) is 0 Å². The van der Waals surface area contributed by atoms with Gasteiger partial charge in [0, 0.05) is 16.5 Å². The van der Waals surface area contributed by atoms with Gasteiger partial charge in [0.05, 0.1) is 7.11 Å². The fourth-order valence-electron chi connectivity index (χ4n) is 2.09. The molecule has 0 heterocycles. The first-order valence-corrected chi connectivity index (χ1v) is 7.32. The topological polar surface area (TPSA) is 26.3 Å². The number of methoxy groups -OCH3 is 1. The van der Waals surface area contributed by atoms with E-state index in [1.807, 2.05) is 49.4 Å². The number of hydrogen-bond acceptors (Lipinski definition) is 2. The molecule has 0 saturated carbocycles. The molecule has 0 aliphatic heterocycles. The summed E-state index contributed by atoms with van der Waals surface area (Å²) in [7, 11) is 1.65. The van der Waals surface area contributed by atoms with Crippen molar-refractivity contribution in [3.05, 3.63) is 63.6 Å². The van der Waals surface area contributed by atoms with Gasteiger partial charge < -0.3 is 4.74 Å². The summed E-state index contributed by atoms with van der Waals surface area (Å²) in [6, 6.07) is 13.6. The first-order chi connectivity index (χ1) is 9.61. The van der Waals surface area contributed by atoms with Gasteiger partial charge in [-0.2, -0.15) is 0 Å². The number of rotatable bonds is 5. The first-order valence-electron chi connectivity index (χ1n) is 6.53. The quantitative estimate of drug-likeness (QED) is 0.749. The van der Waals surface area contributed by atoms with Crippen molar-refractivity contribution >= 4 is 21.7 Å². The van der Waals surface area contributed by atoms with E-state index in [0.29, 0.717) is 6.42 Å². The number of aryl methyl sites for hydroxylation is 1. The number of carbonyl (C=O) groups is 1. The number of ketones is 1. The van der Waals surface area contributed by atoms with Crippen LogP contribution >= 0.6 is 15.9 Å². The van der Waals surface area contributed by atoms with E-state index >= 15 is 0 Å². The maximum atomic E-state index is 12.3. The monoisotopic (exact) mass is 332 g/mol. The summed E-state index contributed by atoms with van der Waals surface area (Å²) in [5.74, 6) is 1.02. The van der Waals surface area contributed by atoms with E-state index < -0.39 is 0 Å². The fourth-order valence-corrected chi connectivity index (χ4v) is 2.46. The summed E-state index contributed by atoms with van der Waals surface area (Å²) in [6.07, 6.45) is 1.26. The third kappa shape index (κ3) is 3.48. The highest BCUT2D eigenvalue weighted by atomic mass is 79.9. The van der Waals surface area contributed by atoms with Crippen molar-refractivity contribution in [2.24, 2.45) is 0 Å². The van der Waals surface area contributed by atoms with Gasteiger partial charge >= 0.3 is 0 Å². The molecule has 0 aliphatic rings. The second-order valence-corrected chi connectivity index (χ2v) is 5.54. The van der Waals surface area contributed by atoms with E-state index in [4.69, 9.17) is 4.74 Å². The van der Waals surface area contributed by atoms with Crippen LogP contribution in [0.15, 0.2) is 46.9 Å². The first kappa shape index (κ1) is 14.8. The maximum Gasteiger partial charge on any atom is 0.163 e. The third-order valence-corrected chi connectivity index (χ3v) is 4.23. The molecule has 2 aromatic carbocycles. The van der Waals surface area contributed by atoms with Gasteiger partial charge in [-0.25, -0.2) is 0 Å². The summed E-state index contributed by atoms with van der Waals surface area (Å²) in [5.41, 5.74) is 2.95. The van der Waals surface area contributed by atoms with Crippen LogP contribution < -0.4 is 4.74 Å². The smallest absolute Gasteiger partial charge is 0.163 e. The SMILES string of the molecule is COc1ccc(CCC(=O)c2cccc(Br)c2C)cc1. The van der Waals surface area contributed by atoms with Crippen LogP contribution in [0.25, 0.3) is 0 Å². The van der Waals surface area contributed by atoms with Crippen LogP contribution in [0.4, 0.5) is 0 Å². The van der Waals surface area contributed by atoms with Crippen molar-refractivity contribution < 1.29 is 9.53 Å². The van der Waals surface area contributed by atoms with Gasteiger partial charge in [0.2, 0.25) is 0 Å². The van der Waals surface area contributed by atoms with E-state index in [1.165, 1.54) is 0 Å². The van der Waals surface area contributed by atoms with Gasteiger partial charge in [-0.3, -0.25) is 4.79 Å².